The van der Waals surface area contributed by atoms with E-state index >= 15 is 0 Å². The van der Waals surface area contributed by atoms with E-state index in [1.807, 2.05) is 17.9 Å². The van der Waals surface area contributed by atoms with Crippen molar-refractivity contribution in [3.05, 3.63) is 18.0 Å². The van der Waals surface area contributed by atoms with Crippen molar-refractivity contribution in [2.45, 2.75) is 24.6 Å². The molecule has 0 aliphatic heterocycles. The van der Waals surface area contributed by atoms with Crippen LogP contribution < -0.4 is 5.32 Å². The van der Waals surface area contributed by atoms with Gasteiger partial charge < -0.3 is 5.32 Å². The summed E-state index contributed by atoms with van der Waals surface area (Å²) in [6, 6.07) is 2.07. The van der Waals surface area contributed by atoms with Crippen molar-refractivity contribution in [2.75, 3.05) is 13.1 Å². The lowest BCUT2D eigenvalue weighted by Gasteiger charge is -2.30. The van der Waals surface area contributed by atoms with Gasteiger partial charge in [-0.2, -0.15) is 5.10 Å². The Hall–Kier alpha value is -0.540. The summed E-state index contributed by atoms with van der Waals surface area (Å²) in [5, 5.41) is 8.05. The van der Waals surface area contributed by atoms with Gasteiger partial charge in [-0.1, -0.05) is 0 Å². The van der Waals surface area contributed by atoms with Crippen LogP contribution in [0.1, 0.15) is 18.5 Å². The molecule has 1 aromatic rings. The molecule has 84 valence electrons. The Morgan fingerprint density at radius 2 is 2.40 bits per heavy atom. The summed E-state index contributed by atoms with van der Waals surface area (Å²) in [6.45, 7) is 2.14. The lowest BCUT2D eigenvalue weighted by molar-refractivity contribution is 0.309. The van der Waals surface area contributed by atoms with Crippen LogP contribution in [0.15, 0.2) is 12.3 Å². The highest BCUT2D eigenvalue weighted by atomic mass is 35.5. The second-order valence-corrected chi connectivity index (χ2v) is 4.95. The van der Waals surface area contributed by atoms with Crippen molar-refractivity contribution in [2.24, 2.45) is 13.0 Å². The zero-order chi connectivity index (χ0) is 10.7. The molecule has 0 bridgehead atoms. The van der Waals surface area contributed by atoms with E-state index in [0.717, 1.165) is 25.4 Å². The van der Waals surface area contributed by atoms with Crippen LogP contribution in [-0.2, 0) is 13.5 Å². The van der Waals surface area contributed by atoms with E-state index in [9.17, 15) is 0 Å². The third-order valence-corrected chi connectivity index (χ3v) is 3.45. The molecule has 4 heteroatoms. The first kappa shape index (κ1) is 11.0. The Kier molecular flexibility index (Phi) is 3.65. The van der Waals surface area contributed by atoms with Gasteiger partial charge in [0.25, 0.3) is 0 Å². The number of nitrogens with zero attached hydrogens (tertiary/aromatic N) is 2. The lowest BCUT2D eigenvalue weighted by Crippen LogP contribution is -2.34. The molecule has 0 spiro atoms. The minimum atomic E-state index is 0.439. The molecule has 1 aliphatic rings. The molecule has 0 amide bonds. The van der Waals surface area contributed by atoms with Gasteiger partial charge in [-0.15, -0.1) is 11.6 Å². The minimum absolute atomic E-state index is 0.439. The van der Waals surface area contributed by atoms with Gasteiger partial charge in [-0.25, -0.2) is 0 Å². The van der Waals surface area contributed by atoms with E-state index in [1.54, 1.807) is 0 Å². The average Bonchev–Trinajstić information content (AvgIpc) is 2.55. The largest absolute Gasteiger partial charge is 0.316 e. The normalized spacial score (nSPS) is 25.2. The van der Waals surface area contributed by atoms with Gasteiger partial charge in [0.2, 0.25) is 0 Å². The molecule has 1 N–H and O–H groups in total. The number of nitrogens with one attached hydrogen (secondary N) is 1. The molecule has 0 saturated heterocycles. The average molecular weight is 228 g/mol. The predicted octanol–water partition coefficient (Wildman–Crippen LogP) is 1.57. The summed E-state index contributed by atoms with van der Waals surface area (Å²) in [5.74, 6) is 0.805. The van der Waals surface area contributed by atoms with E-state index in [-0.39, 0.29) is 0 Å². The monoisotopic (exact) mass is 227 g/mol. The van der Waals surface area contributed by atoms with Crippen LogP contribution in [-0.4, -0.2) is 28.2 Å². The second-order valence-electron chi connectivity index (χ2n) is 4.33. The van der Waals surface area contributed by atoms with Crippen molar-refractivity contribution < 1.29 is 0 Å². The molecule has 0 aromatic carbocycles. The Balaban J connectivity index is 1.58. The smallest absolute Gasteiger partial charge is 0.0492 e. The quantitative estimate of drug-likeness (QED) is 0.612. The van der Waals surface area contributed by atoms with Gasteiger partial charge in [0.05, 0.1) is 0 Å². The van der Waals surface area contributed by atoms with Crippen molar-refractivity contribution >= 4 is 11.6 Å². The van der Waals surface area contributed by atoms with Crippen LogP contribution in [0.25, 0.3) is 0 Å². The maximum atomic E-state index is 5.92. The second kappa shape index (κ2) is 4.99. The first-order chi connectivity index (χ1) is 7.25. The van der Waals surface area contributed by atoms with Crippen molar-refractivity contribution in [1.29, 1.82) is 0 Å². The van der Waals surface area contributed by atoms with Gasteiger partial charge in [0.15, 0.2) is 0 Å². The van der Waals surface area contributed by atoms with Crippen molar-refractivity contribution in [3.63, 3.8) is 0 Å². The minimum Gasteiger partial charge on any atom is -0.316 e. The Morgan fingerprint density at radius 3 is 3.00 bits per heavy atom. The molecule has 1 fully saturated rings. The third kappa shape index (κ3) is 2.95. The fourth-order valence-electron chi connectivity index (χ4n) is 1.99. The van der Waals surface area contributed by atoms with Crippen LogP contribution in [0.3, 0.4) is 0 Å². The van der Waals surface area contributed by atoms with Crippen LogP contribution in [0, 0.1) is 5.92 Å². The van der Waals surface area contributed by atoms with Crippen LogP contribution in [0.4, 0.5) is 0 Å². The summed E-state index contributed by atoms with van der Waals surface area (Å²) in [5.41, 5.74) is 1.28. The molecule has 1 saturated carbocycles. The first-order valence-corrected chi connectivity index (χ1v) is 6.01. The van der Waals surface area contributed by atoms with Crippen LogP contribution in [0.5, 0.6) is 0 Å². The van der Waals surface area contributed by atoms with Gasteiger partial charge in [0.1, 0.15) is 0 Å². The van der Waals surface area contributed by atoms with Gasteiger partial charge in [-0.05, 0) is 31.4 Å². The van der Waals surface area contributed by atoms with Crippen molar-refractivity contribution in [3.8, 4) is 0 Å². The number of rotatable bonds is 5. The zero-order valence-electron chi connectivity index (χ0n) is 9.12. The maximum Gasteiger partial charge on any atom is 0.0492 e. The first-order valence-electron chi connectivity index (χ1n) is 5.57. The molecule has 0 radical (unpaired) electrons. The molecule has 2 rings (SSSR count). The van der Waals surface area contributed by atoms with Gasteiger partial charge >= 0.3 is 0 Å². The standard InChI is InChI=1S/C11H18ClN3/c1-15-11(3-5-14-15)2-4-13-8-9-6-10(12)7-9/h3,5,9-10,13H,2,4,6-8H2,1H3. The van der Waals surface area contributed by atoms with E-state index in [2.05, 4.69) is 16.5 Å². The SMILES string of the molecule is Cn1nccc1CCNCC1CC(Cl)C1. The molecule has 3 nitrogen and oxygen atoms in total. The number of hydrogen-bond donors (Lipinski definition) is 1. The predicted molar refractivity (Wildman–Crippen MR) is 62.1 cm³/mol. The van der Waals surface area contributed by atoms with Crippen LogP contribution >= 0.6 is 11.6 Å². The Bertz CT molecular complexity index is 305. The number of halogens is 1. The maximum absolute atomic E-state index is 5.92. The Morgan fingerprint density at radius 1 is 1.60 bits per heavy atom. The molecular weight excluding hydrogens is 210 g/mol. The van der Waals surface area contributed by atoms with E-state index < -0.39 is 0 Å². The number of aryl methyl sites for hydroxylation is 1. The van der Waals surface area contributed by atoms with E-state index in [4.69, 9.17) is 11.6 Å². The molecule has 1 aliphatic carbocycles. The molecule has 15 heavy (non-hydrogen) atoms. The van der Waals surface area contributed by atoms with E-state index in [0.29, 0.717) is 5.38 Å². The number of hydrogen-bond acceptors (Lipinski definition) is 2. The summed E-state index contributed by atoms with van der Waals surface area (Å²) in [7, 11) is 1.99. The molecule has 0 atom stereocenters. The molecule has 1 heterocycles. The molecular formula is C11H18ClN3. The highest BCUT2D eigenvalue weighted by molar-refractivity contribution is 6.21. The molecule has 1 aromatic heterocycles. The van der Waals surface area contributed by atoms with Gasteiger partial charge in [0, 0.05) is 37.3 Å². The summed E-state index contributed by atoms with van der Waals surface area (Å²) in [6.07, 6.45) is 5.26. The number of alkyl halides is 1. The third-order valence-electron chi connectivity index (χ3n) is 3.09. The van der Waals surface area contributed by atoms with E-state index in [1.165, 1.54) is 18.5 Å². The number of aromatic nitrogens is 2. The van der Waals surface area contributed by atoms with Crippen LogP contribution in [0.2, 0.25) is 0 Å². The fraction of sp³-hybridized carbons (Fsp3) is 0.727. The fourth-order valence-corrected chi connectivity index (χ4v) is 2.49. The summed E-state index contributed by atoms with van der Waals surface area (Å²) in [4.78, 5) is 0. The topological polar surface area (TPSA) is 29.9 Å². The lowest BCUT2D eigenvalue weighted by atomic mass is 9.85. The Labute approximate surface area is 95.8 Å². The zero-order valence-corrected chi connectivity index (χ0v) is 9.87. The molecule has 0 unspecified atom stereocenters. The summed E-state index contributed by atoms with van der Waals surface area (Å²) < 4.78 is 1.93. The highest BCUT2D eigenvalue weighted by Crippen LogP contribution is 2.30. The highest BCUT2D eigenvalue weighted by Gasteiger charge is 2.26. The van der Waals surface area contributed by atoms with Gasteiger partial charge in [-0.3, -0.25) is 4.68 Å². The summed E-state index contributed by atoms with van der Waals surface area (Å²) >= 11 is 5.92. The van der Waals surface area contributed by atoms with Crippen molar-refractivity contribution in [1.82, 2.24) is 15.1 Å².